The van der Waals surface area contributed by atoms with E-state index in [0.29, 0.717) is 41.4 Å². The highest BCUT2D eigenvalue weighted by Crippen LogP contribution is 2.31. The lowest BCUT2D eigenvalue weighted by Gasteiger charge is -2.19. The van der Waals surface area contributed by atoms with Gasteiger partial charge < -0.3 is 9.47 Å². The molecule has 2 aliphatic heterocycles. The SMILES string of the molecule is O=C(CCN1C(=O)c2ccccc2C1=O)c1ccc2c(c1)OCCO2. The first-order chi connectivity index (χ1) is 12.1. The summed E-state index contributed by atoms with van der Waals surface area (Å²) >= 11 is 0. The molecular weight excluding hydrogens is 322 g/mol. The number of rotatable bonds is 4. The lowest BCUT2D eigenvalue weighted by Crippen LogP contribution is -2.31. The predicted octanol–water partition coefficient (Wildman–Crippen LogP) is 2.33. The molecule has 0 saturated heterocycles. The topological polar surface area (TPSA) is 72.9 Å². The Kier molecular flexibility index (Phi) is 3.72. The number of imide groups is 1. The van der Waals surface area contributed by atoms with Gasteiger partial charge in [-0.1, -0.05) is 12.1 Å². The Balaban J connectivity index is 1.46. The molecule has 0 aliphatic carbocycles. The third-order valence-corrected chi connectivity index (χ3v) is 4.30. The molecule has 126 valence electrons. The lowest BCUT2D eigenvalue weighted by molar-refractivity contribution is 0.0649. The first-order valence-corrected chi connectivity index (χ1v) is 8.03. The molecule has 0 aromatic heterocycles. The van der Waals surface area contributed by atoms with E-state index in [1.165, 1.54) is 0 Å². The highest BCUT2D eigenvalue weighted by atomic mass is 16.6. The zero-order valence-corrected chi connectivity index (χ0v) is 13.4. The standard InChI is InChI=1S/C19H15NO5/c21-15(12-5-6-16-17(11-12)25-10-9-24-16)7-8-20-18(22)13-3-1-2-4-14(13)19(20)23/h1-6,11H,7-10H2. The molecule has 0 bridgehead atoms. The number of carbonyl (C=O) groups excluding carboxylic acids is 3. The second-order valence-electron chi connectivity index (χ2n) is 5.84. The summed E-state index contributed by atoms with van der Waals surface area (Å²) in [6.07, 6.45) is 0.0606. The van der Waals surface area contributed by atoms with Gasteiger partial charge in [0.2, 0.25) is 0 Å². The van der Waals surface area contributed by atoms with Crippen LogP contribution < -0.4 is 9.47 Å². The Bertz CT molecular complexity index is 854. The molecule has 4 rings (SSSR count). The molecule has 0 unspecified atom stereocenters. The van der Waals surface area contributed by atoms with Gasteiger partial charge in [-0.05, 0) is 30.3 Å². The van der Waals surface area contributed by atoms with Crippen molar-refractivity contribution >= 4 is 17.6 Å². The number of ether oxygens (including phenoxy) is 2. The maximum atomic E-state index is 12.4. The van der Waals surface area contributed by atoms with Crippen LogP contribution in [-0.2, 0) is 0 Å². The molecule has 25 heavy (non-hydrogen) atoms. The Morgan fingerprint density at radius 3 is 2.24 bits per heavy atom. The van der Waals surface area contributed by atoms with E-state index in [1.54, 1.807) is 42.5 Å². The highest BCUT2D eigenvalue weighted by Gasteiger charge is 2.35. The molecule has 0 radical (unpaired) electrons. The summed E-state index contributed by atoms with van der Waals surface area (Å²) in [5.41, 5.74) is 1.25. The molecule has 2 aromatic carbocycles. The van der Waals surface area contributed by atoms with E-state index in [4.69, 9.17) is 9.47 Å². The van der Waals surface area contributed by atoms with Gasteiger partial charge in [0.15, 0.2) is 17.3 Å². The first-order valence-electron chi connectivity index (χ1n) is 8.03. The van der Waals surface area contributed by atoms with Crippen molar-refractivity contribution in [1.82, 2.24) is 4.90 Å². The van der Waals surface area contributed by atoms with Crippen molar-refractivity contribution in [2.45, 2.75) is 6.42 Å². The Morgan fingerprint density at radius 1 is 0.920 bits per heavy atom. The zero-order chi connectivity index (χ0) is 17.4. The van der Waals surface area contributed by atoms with Crippen molar-refractivity contribution in [1.29, 1.82) is 0 Å². The normalized spacial score (nSPS) is 15.3. The van der Waals surface area contributed by atoms with Crippen LogP contribution in [0.4, 0.5) is 0 Å². The van der Waals surface area contributed by atoms with Gasteiger partial charge in [0.25, 0.3) is 11.8 Å². The number of carbonyl (C=O) groups is 3. The Morgan fingerprint density at radius 2 is 1.56 bits per heavy atom. The Hall–Kier alpha value is -3.15. The van der Waals surface area contributed by atoms with Crippen LogP contribution >= 0.6 is 0 Å². The number of ketones is 1. The van der Waals surface area contributed by atoms with Crippen molar-refractivity contribution in [2.75, 3.05) is 19.8 Å². The summed E-state index contributed by atoms with van der Waals surface area (Å²) in [6, 6.07) is 11.7. The van der Waals surface area contributed by atoms with E-state index < -0.39 is 0 Å². The van der Waals surface area contributed by atoms with E-state index in [9.17, 15) is 14.4 Å². The van der Waals surface area contributed by atoms with Gasteiger partial charge in [-0.25, -0.2) is 0 Å². The monoisotopic (exact) mass is 337 g/mol. The van der Waals surface area contributed by atoms with Crippen LogP contribution in [0.2, 0.25) is 0 Å². The second kappa shape index (κ2) is 6.05. The molecule has 0 fully saturated rings. The zero-order valence-electron chi connectivity index (χ0n) is 13.4. The molecule has 2 aromatic rings. The van der Waals surface area contributed by atoms with Crippen molar-refractivity contribution in [3.63, 3.8) is 0 Å². The van der Waals surface area contributed by atoms with Crippen LogP contribution in [0.3, 0.4) is 0 Å². The molecule has 2 aliphatic rings. The molecule has 2 heterocycles. The number of hydrogen-bond donors (Lipinski definition) is 0. The van der Waals surface area contributed by atoms with E-state index in [2.05, 4.69) is 0 Å². The minimum absolute atomic E-state index is 0.0552. The maximum Gasteiger partial charge on any atom is 0.261 e. The van der Waals surface area contributed by atoms with Gasteiger partial charge in [-0.3, -0.25) is 19.3 Å². The average molecular weight is 337 g/mol. The lowest BCUT2D eigenvalue weighted by atomic mass is 10.1. The molecule has 6 heteroatoms. The molecule has 0 spiro atoms. The fourth-order valence-corrected chi connectivity index (χ4v) is 3.02. The van der Waals surface area contributed by atoms with Crippen molar-refractivity contribution < 1.29 is 23.9 Å². The number of Topliss-reactive ketones (excluding diaryl/α,β-unsaturated/α-hetero) is 1. The fraction of sp³-hybridized carbons (Fsp3) is 0.211. The smallest absolute Gasteiger partial charge is 0.261 e. The van der Waals surface area contributed by atoms with Gasteiger partial charge in [-0.15, -0.1) is 0 Å². The van der Waals surface area contributed by atoms with E-state index >= 15 is 0 Å². The van der Waals surface area contributed by atoms with Crippen molar-refractivity contribution in [3.05, 3.63) is 59.2 Å². The van der Waals surface area contributed by atoms with Crippen molar-refractivity contribution in [2.24, 2.45) is 0 Å². The number of amides is 2. The van der Waals surface area contributed by atoms with E-state index in [-0.39, 0.29) is 30.6 Å². The second-order valence-corrected chi connectivity index (χ2v) is 5.84. The first kappa shape index (κ1) is 15.4. The van der Waals surface area contributed by atoms with Crippen molar-refractivity contribution in [3.8, 4) is 11.5 Å². The third-order valence-electron chi connectivity index (χ3n) is 4.30. The largest absolute Gasteiger partial charge is 0.486 e. The van der Waals surface area contributed by atoms with Gasteiger partial charge >= 0.3 is 0 Å². The number of fused-ring (bicyclic) bond motifs is 2. The maximum absolute atomic E-state index is 12.4. The Labute approximate surface area is 144 Å². The summed E-state index contributed by atoms with van der Waals surface area (Å²) in [5.74, 6) is 0.292. The van der Waals surface area contributed by atoms with Gasteiger partial charge in [-0.2, -0.15) is 0 Å². The van der Waals surface area contributed by atoms with Gasteiger partial charge in [0.1, 0.15) is 13.2 Å². The van der Waals surface area contributed by atoms with Gasteiger partial charge in [0, 0.05) is 18.5 Å². The van der Waals surface area contributed by atoms with Crippen LogP contribution in [0.5, 0.6) is 11.5 Å². The minimum atomic E-state index is -0.351. The van der Waals surface area contributed by atoms with Crippen LogP contribution in [0.15, 0.2) is 42.5 Å². The number of nitrogens with zero attached hydrogens (tertiary/aromatic N) is 1. The summed E-state index contributed by atoms with van der Waals surface area (Å²) < 4.78 is 10.9. The summed E-state index contributed by atoms with van der Waals surface area (Å²) in [4.78, 5) is 38.2. The summed E-state index contributed by atoms with van der Waals surface area (Å²) in [6.45, 7) is 0.985. The van der Waals surface area contributed by atoms with Gasteiger partial charge in [0.05, 0.1) is 11.1 Å². The highest BCUT2D eigenvalue weighted by molar-refractivity contribution is 6.21. The quantitative estimate of drug-likeness (QED) is 0.632. The summed E-state index contributed by atoms with van der Waals surface area (Å²) in [7, 11) is 0. The number of benzene rings is 2. The van der Waals surface area contributed by atoms with E-state index in [0.717, 1.165) is 4.90 Å². The van der Waals surface area contributed by atoms with Crippen LogP contribution in [-0.4, -0.2) is 42.3 Å². The van der Waals surface area contributed by atoms with E-state index in [1.807, 2.05) is 0 Å². The molecule has 0 N–H and O–H groups in total. The minimum Gasteiger partial charge on any atom is -0.486 e. The average Bonchev–Trinajstić information content (AvgIpc) is 2.90. The molecule has 0 saturated carbocycles. The number of hydrogen-bond acceptors (Lipinski definition) is 5. The van der Waals surface area contributed by atoms with Crippen LogP contribution in [0.25, 0.3) is 0 Å². The molecule has 6 nitrogen and oxygen atoms in total. The molecular formula is C19H15NO5. The molecule has 2 amide bonds. The third kappa shape index (κ3) is 2.65. The van der Waals surface area contributed by atoms with Crippen LogP contribution in [0.1, 0.15) is 37.5 Å². The molecule has 0 atom stereocenters. The van der Waals surface area contributed by atoms with Crippen LogP contribution in [0, 0.1) is 0 Å². The fourth-order valence-electron chi connectivity index (χ4n) is 3.02. The predicted molar refractivity (Wildman–Crippen MR) is 88.2 cm³/mol. The summed E-state index contributed by atoms with van der Waals surface area (Å²) in [5, 5.41) is 0.